The molecule has 1 aliphatic heterocycles. The fourth-order valence-electron chi connectivity index (χ4n) is 2.37. The van der Waals surface area contributed by atoms with Gasteiger partial charge < -0.3 is 10.6 Å². The van der Waals surface area contributed by atoms with Gasteiger partial charge in [0.2, 0.25) is 0 Å². The van der Waals surface area contributed by atoms with Gasteiger partial charge >= 0.3 is 0 Å². The Hall–Kier alpha value is -1.35. The van der Waals surface area contributed by atoms with Crippen molar-refractivity contribution in [1.29, 1.82) is 0 Å². The number of rotatable bonds is 3. The SMILES string of the molecule is NCCC1CCN(C(=O)c2cc[c]cc2)CC1. The number of amides is 1. The van der Waals surface area contributed by atoms with Gasteiger partial charge in [-0.2, -0.15) is 0 Å². The predicted molar refractivity (Wildman–Crippen MR) is 67.6 cm³/mol. The maximum atomic E-state index is 12.2. The van der Waals surface area contributed by atoms with Gasteiger partial charge in [-0.15, -0.1) is 0 Å². The van der Waals surface area contributed by atoms with Crippen LogP contribution in [0.5, 0.6) is 0 Å². The largest absolute Gasteiger partial charge is 0.339 e. The van der Waals surface area contributed by atoms with Crippen LogP contribution in [0.4, 0.5) is 0 Å². The molecule has 1 saturated heterocycles. The molecule has 0 saturated carbocycles. The van der Waals surface area contributed by atoms with E-state index >= 15 is 0 Å². The molecule has 1 radical (unpaired) electrons. The van der Waals surface area contributed by atoms with Gasteiger partial charge in [0.25, 0.3) is 5.91 Å². The second-order valence-electron chi connectivity index (χ2n) is 4.60. The van der Waals surface area contributed by atoms with Crippen LogP contribution in [0.1, 0.15) is 29.6 Å². The number of nitrogens with zero attached hydrogens (tertiary/aromatic N) is 1. The van der Waals surface area contributed by atoms with Gasteiger partial charge in [0.15, 0.2) is 0 Å². The van der Waals surface area contributed by atoms with Crippen LogP contribution in [0.2, 0.25) is 0 Å². The Morgan fingerprint density at radius 3 is 2.59 bits per heavy atom. The summed E-state index contributed by atoms with van der Waals surface area (Å²) in [4.78, 5) is 14.1. The number of likely N-dealkylation sites (tertiary alicyclic amines) is 1. The summed E-state index contributed by atoms with van der Waals surface area (Å²) >= 11 is 0. The molecule has 3 nitrogen and oxygen atoms in total. The van der Waals surface area contributed by atoms with Gasteiger partial charge in [0.05, 0.1) is 0 Å². The lowest BCUT2D eigenvalue weighted by atomic mass is 9.93. The summed E-state index contributed by atoms with van der Waals surface area (Å²) in [5.74, 6) is 0.846. The standard InChI is InChI=1S/C14H19N2O/c15-9-6-12-7-10-16(11-8-12)14(17)13-4-2-1-3-5-13/h2-5,12H,6-11,15H2. The second kappa shape index (κ2) is 5.82. The highest BCUT2D eigenvalue weighted by molar-refractivity contribution is 5.94. The Labute approximate surface area is 103 Å². The van der Waals surface area contributed by atoms with Crippen LogP contribution in [0.3, 0.4) is 0 Å². The third-order valence-electron chi connectivity index (χ3n) is 3.44. The van der Waals surface area contributed by atoms with E-state index in [2.05, 4.69) is 6.07 Å². The first-order valence-electron chi connectivity index (χ1n) is 6.26. The molecule has 0 spiro atoms. The fraction of sp³-hybridized carbons (Fsp3) is 0.500. The van der Waals surface area contributed by atoms with Gasteiger partial charge in [-0.25, -0.2) is 0 Å². The highest BCUT2D eigenvalue weighted by atomic mass is 16.2. The van der Waals surface area contributed by atoms with E-state index < -0.39 is 0 Å². The third-order valence-corrected chi connectivity index (χ3v) is 3.44. The molecule has 17 heavy (non-hydrogen) atoms. The van der Waals surface area contributed by atoms with Crippen LogP contribution in [0.15, 0.2) is 24.3 Å². The minimum absolute atomic E-state index is 0.144. The molecule has 0 atom stereocenters. The van der Waals surface area contributed by atoms with Crippen molar-refractivity contribution in [2.24, 2.45) is 11.7 Å². The van der Waals surface area contributed by atoms with E-state index in [1.54, 1.807) is 12.1 Å². The average molecular weight is 231 g/mol. The van der Waals surface area contributed by atoms with E-state index in [4.69, 9.17) is 5.73 Å². The normalized spacial score (nSPS) is 17.1. The summed E-state index contributed by atoms with van der Waals surface area (Å²) in [6, 6.07) is 10.2. The number of carbonyl (C=O) groups is 1. The first-order chi connectivity index (χ1) is 8.31. The van der Waals surface area contributed by atoms with Gasteiger partial charge in [0, 0.05) is 18.7 Å². The summed E-state index contributed by atoms with van der Waals surface area (Å²) in [6.45, 7) is 2.48. The maximum Gasteiger partial charge on any atom is 0.253 e. The first-order valence-corrected chi connectivity index (χ1v) is 6.26. The molecule has 2 rings (SSSR count). The zero-order valence-corrected chi connectivity index (χ0v) is 10.1. The van der Waals surface area contributed by atoms with Gasteiger partial charge in [-0.1, -0.05) is 12.1 Å². The number of carbonyl (C=O) groups excluding carboxylic acids is 1. The molecule has 1 aliphatic rings. The van der Waals surface area contributed by atoms with E-state index in [-0.39, 0.29) is 5.91 Å². The number of hydrogen-bond acceptors (Lipinski definition) is 2. The highest BCUT2D eigenvalue weighted by Gasteiger charge is 2.22. The molecule has 1 heterocycles. The molecule has 0 aromatic heterocycles. The Morgan fingerprint density at radius 2 is 2.00 bits per heavy atom. The zero-order chi connectivity index (χ0) is 12.1. The Balaban J connectivity index is 1.91. The smallest absolute Gasteiger partial charge is 0.253 e. The summed E-state index contributed by atoms with van der Waals surface area (Å²) in [5.41, 5.74) is 6.33. The van der Waals surface area contributed by atoms with Crippen molar-refractivity contribution in [1.82, 2.24) is 4.90 Å². The molecule has 2 N–H and O–H groups in total. The van der Waals surface area contributed by atoms with Crippen LogP contribution in [0.25, 0.3) is 0 Å². The van der Waals surface area contributed by atoms with Crippen LogP contribution < -0.4 is 5.73 Å². The lowest BCUT2D eigenvalue weighted by Crippen LogP contribution is -2.38. The van der Waals surface area contributed by atoms with E-state index in [1.807, 2.05) is 17.0 Å². The number of hydrogen-bond donors (Lipinski definition) is 1. The molecule has 1 aromatic carbocycles. The Kier molecular flexibility index (Phi) is 4.15. The topological polar surface area (TPSA) is 46.3 Å². The molecule has 1 amide bonds. The molecule has 0 bridgehead atoms. The monoisotopic (exact) mass is 231 g/mol. The second-order valence-corrected chi connectivity index (χ2v) is 4.60. The van der Waals surface area contributed by atoms with Gasteiger partial charge in [0.1, 0.15) is 0 Å². The molecule has 1 aromatic rings. The van der Waals surface area contributed by atoms with Crippen LogP contribution >= 0.6 is 0 Å². The molecule has 1 fully saturated rings. The lowest BCUT2D eigenvalue weighted by Gasteiger charge is -2.31. The molecular formula is C14H19N2O. The van der Waals surface area contributed by atoms with Crippen molar-refractivity contribution in [2.75, 3.05) is 19.6 Å². The van der Waals surface area contributed by atoms with Gasteiger partial charge in [-0.3, -0.25) is 4.79 Å². The first kappa shape index (κ1) is 12.1. The molecule has 0 aliphatic carbocycles. The summed E-state index contributed by atoms with van der Waals surface area (Å²) in [7, 11) is 0. The minimum atomic E-state index is 0.144. The van der Waals surface area contributed by atoms with Crippen LogP contribution in [0, 0.1) is 12.0 Å². The van der Waals surface area contributed by atoms with Crippen molar-refractivity contribution in [3.63, 3.8) is 0 Å². The van der Waals surface area contributed by atoms with Crippen molar-refractivity contribution in [3.05, 3.63) is 35.9 Å². The zero-order valence-electron chi connectivity index (χ0n) is 10.1. The predicted octanol–water partition coefficient (Wildman–Crippen LogP) is 1.69. The van der Waals surface area contributed by atoms with E-state index in [0.29, 0.717) is 5.92 Å². The Bertz CT molecular complexity index is 356. The van der Waals surface area contributed by atoms with Gasteiger partial charge in [-0.05, 0) is 49.9 Å². The number of benzene rings is 1. The maximum absolute atomic E-state index is 12.2. The van der Waals surface area contributed by atoms with Crippen molar-refractivity contribution in [3.8, 4) is 0 Å². The fourth-order valence-corrected chi connectivity index (χ4v) is 2.37. The summed E-state index contributed by atoms with van der Waals surface area (Å²) < 4.78 is 0. The number of nitrogens with two attached hydrogens (primary N) is 1. The third kappa shape index (κ3) is 3.07. The molecule has 91 valence electrons. The molecule has 3 heteroatoms. The van der Waals surface area contributed by atoms with E-state index in [1.165, 1.54) is 0 Å². The highest BCUT2D eigenvalue weighted by Crippen LogP contribution is 2.21. The van der Waals surface area contributed by atoms with Crippen molar-refractivity contribution < 1.29 is 4.79 Å². The van der Waals surface area contributed by atoms with Crippen LogP contribution in [-0.4, -0.2) is 30.4 Å². The quantitative estimate of drug-likeness (QED) is 0.860. The lowest BCUT2D eigenvalue weighted by molar-refractivity contribution is 0.0688. The summed E-state index contributed by atoms with van der Waals surface area (Å²) in [6.07, 6.45) is 3.26. The van der Waals surface area contributed by atoms with E-state index in [9.17, 15) is 4.79 Å². The summed E-state index contributed by atoms with van der Waals surface area (Å²) in [5, 5.41) is 0. The molecular weight excluding hydrogens is 212 g/mol. The molecule has 0 unspecified atom stereocenters. The average Bonchev–Trinajstić information content (AvgIpc) is 2.40. The van der Waals surface area contributed by atoms with Crippen LogP contribution in [-0.2, 0) is 0 Å². The van der Waals surface area contributed by atoms with E-state index in [0.717, 1.165) is 44.5 Å². The number of piperidine rings is 1. The minimum Gasteiger partial charge on any atom is -0.339 e. The van der Waals surface area contributed by atoms with Crippen molar-refractivity contribution >= 4 is 5.91 Å². The Morgan fingerprint density at radius 1 is 1.35 bits per heavy atom. The van der Waals surface area contributed by atoms with Crippen molar-refractivity contribution in [2.45, 2.75) is 19.3 Å².